The number of aryl methyl sites for hydroxylation is 1. The zero-order valence-corrected chi connectivity index (χ0v) is 11.0. The highest BCUT2D eigenvalue weighted by Gasteiger charge is 2.57. The molecule has 3 rings (SSSR count). The maximum absolute atomic E-state index is 2.54. The molecule has 2 atom stereocenters. The molecule has 0 bridgehead atoms. The second-order valence-electron chi connectivity index (χ2n) is 5.74. The number of anilines is 1. The first-order valence-corrected chi connectivity index (χ1v) is 6.29. The Balaban J connectivity index is 1.96. The molecule has 0 aromatic heterocycles. The van der Waals surface area contributed by atoms with E-state index in [1.165, 1.54) is 11.3 Å². The van der Waals surface area contributed by atoms with Crippen molar-refractivity contribution in [1.82, 2.24) is 4.90 Å². The monoisotopic (exact) mass is 228 g/mol. The maximum atomic E-state index is 2.54. The summed E-state index contributed by atoms with van der Waals surface area (Å²) in [5, 5.41) is 0. The lowest BCUT2D eigenvalue weighted by Crippen LogP contribution is -2.46. The summed E-state index contributed by atoms with van der Waals surface area (Å²) in [5.74, 6) is 0. The van der Waals surface area contributed by atoms with Gasteiger partial charge in [0.25, 0.3) is 0 Å². The van der Waals surface area contributed by atoms with E-state index >= 15 is 0 Å². The van der Waals surface area contributed by atoms with Crippen LogP contribution in [0, 0.1) is 6.92 Å². The van der Waals surface area contributed by atoms with E-state index in [2.05, 4.69) is 74.2 Å². The number of rotatable bonds is 1. The van der Waals surface area contributed by atoms with Crippen LogP contribution < -0.4 is 4.90 Å². The second-order valence-corrected chi connectivity index (χ2v) is 5.74. The standard InChI is InChI=1S/C15H20N2/c1-11-7-5-6-8-12(11)17-13-9-10-16(4)15(2,3)14(13)17/h5-10,13-14H,1-4H3/t13?,14-,17?/m1/s1. The van der Waals surface area contributed by atoms with Crippen LogP contribution in [0.3, 0.4) is 0 Å². The van der Waals surface area contributed by atoms with Crippen molar-refractivity contribution in [1.29, 1.82) is 0 Å². The number of hydrogen-bond acceptors (Lipinski definition) is 2. The van der Waals surface area contributed by atoms with Gasteiger partial charge in [-0.25, -0.2) is 0 Å². The minimum atomic E-state index is 0.210. The summed E-state index contributed by atoms with van der Waals surface area (Å²) in [4.78, 5) is 4.86. The van der Waals surface area contributed by atoms with E-state index in [0.29, 0.717) is 12.1 Å². The Morgan fingerprint density at radius 3 is 2.59 bits per heavy atom. The zero-order chi connectivity index (χ0) is 12.2. The number of para-hydroxylation sites is 1. The van der Waals surface area contributed by atoms with Gasteiger partial charge in [0.2, 0.25) is 0 Å². The lowest BCUT2D eigenvalue weighted by Gasteiger charge is -2.36. The smallest absolute Gasteiger partial charge is 0.0763 e. The predicted octanol–water partition coefficient (Wildman–Crippen LogP) is 2.79. The maximum Gasteiger partial charge on any atom is 0.0763 e. The van der Waals surface area contributed by atoms with E-state index in [4.69, 9.17) is 0 Å². The second kappa shape index (κ2) is 3.28. The Hall–Kier alpha value is -1.44. The third-order valence-corrected chi connectivity index (χ3v) is 4.39. The predicted molar refractivity (Wildman–Crippen MR) is 72.2 cm³/mol. The number of benzene rings is 1. The molecule has 0 radical (unpaired) electrons. The molecule has 0 amide bonds. The molecule has 0 aliphatic carbocycles. The molecule has 0 N–H and O–H groups in total. The summed E-state index contributed by atoms with van der Waals surface area (Å²) >= 11 is 0. The van der Waals surface area contributed by atoms with Crippen LogP contribution in [0.1, 0.15) is 19.4 Å². The fourth-order valence-corrected chi connectivity index (χ4v) is 2.99. The van der Waals surface area contributed by atoms with Crippen LogP contribution in [-0.2, 0) is 0 Å². The van der Waals surface area contributed by atoms with Crippen molar-refractivity contribution in [2.45, 2.75) is 38.4 Å². The Morgan fingerprint density at radius 1 is 1.18 bits per heavy atom. The van der Waals surface area contributed by atoms with Crippen molar-refractivity contribution in [2.75, 3.05) is 11.9 Å². The molecule has 2 aliphatic heterocycles. The van der Waals surface area contributed by atoms with Crippen LogP contribution in [-0.4, -0.2) is 29.6 Å². The third-order valence-electron chi connectivity index (χ3n) is 4.39. The van der Waals surface area contributed by atoms with Gasteiger partial charge < -0.3 is 9.80 Å². The largest absolute Gasteiger partial charge is 0.373 e. The highest BCUT2D eigenvalue weighted by Crippen LogP contribution is 2.47. The van der Waals surface area contributed by atoms with Crippen molar-refractivity contribution in [2.24, 2.45) is 0 Å². The minimum absolute atomic E-state index is 0.210. The number of likely N-dealkylation sites (N-methyl/N-ethyl adjacent to an activating group) is 1. The van der Waals surface area contributed by atoms with Crippen LogP contribution in [0.25, 0.3) is 0 Å². The molecular formula is C15H20N2. The van der Waals surface area contributed by atoms with Gasteiger partial charge in [-0.3, -0.25) is 0 Å². The van der Waals surface area contributed by atoms with Crippen LogP contribution in [0.2, 0.25) is 0 Å². The number of hydrogen-bond donors (Lipinski definition) is 0. The van der Waals surface area contributed by atoms with Crippen molar-refractivity contribution in [3.8, 4) is 0 Å². The van der Waals surface area contributed by atoms with E-state index in [1.54, 1.807) is 0 Å². The van der Waals surface area contributed by atoms with Gasteiger partial charge in [0.1, 0.15) is 0 Å². The molecular weight excluding hydrogens is 208 g/mol. The number of nitrogens with zero attached hydrogens (tertiary/aromatic N) is 2. The van der Waals surface area contributed by atoms with Gasteiger partial charge in [0.05, 0.1) is 17.6 Å². The minimum Gasteiger partial charge on any atom is -0.373 e. The van der Waals surface area contributed by atoms with Crippen LogP contribution in [0.4, 0.5) is 5.69 Å². The molecule has 1 saturated heterocycles. The van der Waals surface area contributed by atoms with Crippen molar-refractivity contribution in [3.63, 3.8) is 0 Å². The van der Waals surface area contributed by atoms with Crippen molar-refractivity contribution < 1.29 is 0 Å². The fraction of sp³-hybridized carbons (Fsp3) is 0.467. The molecule has 2 heterocycles. The van der Waals surface area contributed by atoms with Gasteiger partial charge in [0.15, 0.2) is 0 Å². The normalized spacial score (nSPS) is 29.2. The van der Waals surface area contributed by atoms with Gasteiger partial charge in [-0.15, -0.1) is 0 Å². The van der Waals surface area contributed by atoms with Gasteiger partial charge in [-0.05, 0) is 44.7 Å². The van der Waals surface area contributed by atoms with E-state index in [9.17, 15) is 0 Å². The first-order chi connectivity index (χ1) is 8.03. The van der Waals surface area contributed by atoms with Crippen LogP contribution >= 0.6 is 0 Å². The van der Waals surface area contributed by atoms with Gasteiger partial charge in [0, 0.05) is 12.7 Å². The van der Waals surface area contributed by atoms with Crippen LogP contribution in [0.15, 0.2) is 36.5 Å². The fourth-order valence-electron chi connectivity index (χ4n) is 2.99. The Labute approximate surface area is 104 Å². The molecule has 1 unspecified atom stereocenters. The average Bonchev–Trinajstić information content (AvgIpc) is 3.00. The lowest BCUT2D eigenvalue weighted by atomic mass is 9.94. The topological polar surface area (TPSA) is 6.25 Å². The number of fused-ring (bicyclic) bond motifs is 1. The van der Waals surface area contributed by atoms with Crippen LogP contribution in [0.5, 0.6) is 0 Å². The van der Waals surface area contributed by atoms with Gasteiger partial charge in [-0.1, -0.05) is 18.2 Å². The van der Waals surface area contributed by atoms with Crippen molar-refractivity contribution >= 4 is 5.69 Å². The molecule has 0 spiro atoms. The first kappa shape index (κ1) is 10.7. The summed E-state index contributed by atoms with van der Waals surface area (Å²) in [6.07, 6.45) is 4.54. The van der Waals surface area contributed by atoms with E-state index in [-0.39, 0.29) is 5.54 Å². The summed E-state index contributed by atoms with van der Waals surface area (Å²) < 4.78 is 0. The quantitative estimate of drug-likeness (QED) is 0.682. The third kappa shape index (κ3) is 1.40. The molecule has 2 nitrogen and oxygen atoms in total. The molecule has 0 saturated carbocycles. The molecule has 1 fully saturated rings. The molecule has 1 aromatic rings. The van der Waals surface area contributed by atoms with Gasteiger partial charge in [-0.2, -0.15) is 0 Å². The first-order valence-electron chi connectivity index (χ1n) is 6.29. The molecule has 2 heteroatoms. The van der Waals surface area contributed by atoms with E-state index in [0.717, 1.165) is 0 Å². The summed E-state index contributed by atoms with van der Waals surface area (Å²) in [7, 11) is 2.17. The summed E-state index contributed by atoms with van der Waals surface area (Å²) in [5.41, 5.74) is 2.96. The Kier molecular flexibility index (Phi) is 2.07. The Bertz CT molecular complexity index is 476. The van der Waals surface area contributed by atoms with E-state index in [1.807, 2.05) is 0 Å². The highest BCUT2D eigenvalue weighted by atomic mass is 15.4. The Morgan fingerprint density at radius 2 is 1.88 bits per heavy atom. The van der Waals surface area contributed by atoms with Crippen molar-refractivity contribution in [3.05, 3.63) is 42.1 Å². The average molecular weight is 228 g/mol. The molecule has 1 aromatic carbocycles. The SMILES string of the molecule is Cc1ccccc1N1C2C=CN(C)C(C)(C)[C@@H]21. The summed E-state index contributed by atoms with van der Waals surface area (Å²) in [6.45, 7) is 6.85. The van der Waals surface area contributed by atoms with Gasteiger partial charge >= 0.3 is 0 Å². The molecule has 90 valence electrons. The highest BCUT2D eigenvalue weighted by molar-refractivity contribution is 5.65. The molecule has 2 aliphatic rings. The molecule has 17 heavy (non-hydrogen) atoms. The van der Waals surface area contributed by atoms with E-state index < -0.39 is 0 Å². The zero-order valence-electron chi connectivity index (χ0n) is 11.0. The summed E-state index contributed by atoms with van der Waals surface area (Å²) in [6, 6.07) is 9.87. The lowest BCUT2D eigenvalue weighted by molar-refractivity contribution is 0.213.